The molecule has 0 rings (SSSR count). The predicted molar refractivity (Wildman–Crippen MR) is 29.1 cm³/mol. The first kappa shape index (κ1) is 10.6. The van der Waals surface area contributed by atoms with Crippen molar-refractivity contribution in [3.63, 3.8) is 0 Å². The quantitative estimate of drug-likeness (QED) is 0.480. The first-order valence-corrected chi connectivity index (χ1v) is 1.95. The normalized spacial score (nSPS) is 12.5. The Kier molecular flexibility index (Phi) is 11.6. The molecule has 34 valence electrons. The molecule has 0 aliphatic carbocycles. The molecule has 0 aliphatic heterocycles. The minimum atomic E-state index is -0.116. The van der Waals surface area contributed by atoms with Crippen LogP contribution in [0, 0.1) is 0 Å². The molecule has 0 aromatic rings. The number of rotatable bonds is 1. The summed E-state index contributed by atoms with van der Waals surface area (Å²) in [6.07, 6.45) is 0.745. The van der Waals surface area contributed by atoms with Crippen LogP contribution >= 0.6 is 0 Å². The molecular weight excluding hydrogens is 103 g/mol. The Morgan fingerprint density at radius 1 is 1.67 bits per heavy atom. The van der Waals surface area contributed by atoms with Gasteiger partial charge in [-0.05, 0) is 13.3 Å². The van der Waals surface area contributed by atoms with Crippen LogP contribution < -0.4 is 0 Å². The van der Waals surface area contributed by atoms with Gasteiger partial charge in [-0.25, -0.2) is 0 Å². The molecule has 1 N–H and O–H groups in total. The van der Waals surface area contributed by atoms with Crippen LogP contribution in [0.15, 0.2) is 0 Å². The molecule has 0 bridgehead atoms. The molecule has 2 heteroatoms. The van der Waals surface area contributed by atoms with Gasteiger partial charge in [-0.3, -0.25) is 0 Å². The molecule has 0 fully saturated rings. The second-order valence-electron chi connectivity index (χ2n) is 1.26. The molecular formula is C4H11KO. The molecule has 0 aromatic heterocycles. The van der Waals surface area contributed by atoms with Crippen molar-refractivity contribution in [1.82, 2.24) is 0 Å². The Morgan fingerprint density at radius 3 is 1.83 bits per heavy atom. The average molecular weight is 114 g/mol. The van der Waals surface area contributed by atoms with Gasteiger partial charge >= 0.3 is 51.4 Å². The zero-order valence-electron chi connectivity index (χ0n) is 3.73. The van der Waals surface area contributed by atoms with Crippen LogP contribution in [-0.4, -0.2) is 62.6 Å². The minimum absolute atomic E-state index is 0. The van der Waals surface area contributed by atoms with E-state index < -0.39 is 0 Å². The molecule has 1 atom stereocenters. The molecule has 0 aliphatic rings. The molecule has 0 amide bonds. The Hall–Kier alpha value is 1.60. The molecule has 0 aromatic carbocycles. The van der Waals surface area contributed by atoms with Gasteiger partial charge in [0.05, 0.1) is 6.10 Å². The van der Waals surface area contributed by atoms with Gasteiger partial charge in [-0.1, -0.05) is 6.92 Å². The molecule has 0 radical (unpaired) electrons. The van der Waals surface area contributed by atoms with Crippen LogP contribution in [0.4, 0.5) is 0 Å². The SMILES string of the molecule is CC[C@H](C)O.[KH]. The van der Waals surface area contributed by atoms with Gasteiger partial charge in [0.25, 0.3) is 0 Å². The van der Waals surface area contributed by atoms with Gasteiger partial charge in [0.1, 0.15) is 0 Å². The number of hydrogen-bond acceptors (Lipinski definition) is 1. The number of hydrogen-bond donors (Lipinski definition) is 1. The van der Waals surface area contributed by atoms with E-state index in [0.717, 1.165) is 6.42 Å². The molecule has 6 heavy (non-hydrogen) atoms. The first-order chi connectivity index (χ1) is 2.27. The summed E-state index contributed by atoms with van der Waals surface area (Å²) >= 11 is 0. The van der Waals surface area contributed by atoms with Crippen molar-refractivity contribution < 1.29 is 5.11 Å². The third-order valence-electron chi connectivity index (χ3n) is 0.591. The van der Waals surface area contributed by atoms with Gasteiger partial charge in [0, 0.05) is 0 Å². The first-order valence-electron chi connectivity index (χ1n) is 1.95. The zero-order chi connectivity index (χ0) is 4.28. The van der Waals surface area contributed by atoms with Crippen molar-refractivity contribution in [2.45, 2.75) is 26.4 Å². The molecule has 1 nitrogen and oxygen atoms in total. The van der Waals surface area contributed by atoms with E-state index in [1.807, 2.05) is 6.92 Å². The average Bonchev–Trinajstić information content (AvgIpc) is 1.38. The summed E-state index contributed by atoms with van der Waals surface area (Å²) in [5.41, 5.74) is 0. The van der Waals surface area contributed by atoms with Crippen LogP contribution in [0.2, 0.25) is 0 Å². The summed E-state index contributed by atoms with van der Waals surface area (Å²) in [5.74, 6) is 0. The van der Waals surface area contributed by atoms with E-state index in [9.17, 15) is 0 Å². The van der Waals surface area contributed by atoms with E-state index in [-0.39, 0.29) is 57.5 Å². The molecule has 0 saturated carbocycles. The summed E-state index contributed by atoms with van der Waals surface area (Å²) in [4.78, 5) is 0. The van der Waals surface area contributed by atoms with Crippen molar-refractivity contribution in [2.75, 3.05) is 0 Å². The number of aliphatic hydroxyl groups excluding tert-OH is 1. The van der Waals surface area contributed by atoms with Gasteiger partial charge in [-0.15, -0.1) is 0 Å². The van der Waals surface area contributed by atoms with Gasteiger partial charge in [0.15, 0.2) is 0 Å². The Bertz CT molecular complexity index is 21.5. The van der Waals surface area contributed by atoms with E-state index in [2.05, 4.69) is 0 Å². The van der Waals surface area contributed by atoms with Crippen molar-refractivity contribution in [3.8, 4) is 0 Å². The van der Waals surface area contributed by atoms with E-state index >= 15 is 0 Å². The maximum atomic E-state index is 8.36. The van der Waals surface area contributed by atoms with Crippen molar-refractivity contribution in [2.24, 2.45) is 0 Å². The molecule has 0 unspecified atom stereocenters. The van der Waals surface area contributed by atoms with E-state index in [1.165, 1.54) is 0 Å². The summed E-state index contributed by atoms with van der Waals surface area (Å²) < 4.78 is 0. The molecule has 0 heterocycles. The summed E-state index contributed by atoms with van der Waals surface area (Å²) in [6.45, 7) is 3.73. The number of aliphatic hydroxyl groups is 1. The van der Waals surface area contributed by atoms with Crippen LogP contribution in [0.5, 0.6) is 0 Å². The fraction of sp³-hybridized carbons (Fsp3) is 1.00. The Morgan fingerprint density at radius 2 is 1.83 bits per heavy atom. The predicted octanol–water partition coefficient (Wildman–Crippen LogP) is 0.129. The van der Waals surface area contributed by atoms with Crippen molar-refractivity contribution in [1.29, 1.82) is 0 Å². The van der Waals surface area contributed by atoms with Crippen molar-refractivity contribution >= 4 is 51.4 Å². The molecule has 0 spiro atoms. The van der Waals surface area contributed by atoms with Crippen LogP contribution in [0.1, 0.15) is 20.3 Å². The summed E-state index contributed by atoms with van der Waals surface area (Å²) in [6, 6.07) is 0. The fourth-order valence-corrected chi connectivity index (χ4v) is 0. The van der Waals surface area contributed by atoms with Gasteiger partial charge < -0.3 is 5.11 Å². The maximum absolute atomic E-state index is 8.36. The Labute approximate surface area is 81.6 Å². The molecule has 0 saturated heterocycles. The second-order valence-corrected chi connectivity index (χ2v) is 1.26. The standard InChI is InChI=1S/C4H10O.K.H/c1-3-4(2)5;;/h4-5H,3H2,1-2H3;;/t4-;;/m0../s1. The second kappa shape index (κ2) is 6.60. The van der Waals surface area contributed by atoms with Crippen LogP contribution in [0.25, 0.3) is 0 Å². The van der Waals surface area contributed by atoms with E-state index in [1.54, 1.807) is 6.92 Å². The fourth-order valence-electron chi connectivity index (χ4n) is 0. The monoisotopic (exact) mass is 114 g/mol. The Balaban J connectivity index is 0. The van der Waals surface area contributed by atoms with E-state index in [4.69, 9.17) is 5.11 Å². The van der Waals surface area contributed by atoms with Gasteiger partial charge in [0.2, 0.25) is 0 Å². The van der Waals surface area contributed by atoms with Gasteiger partial charge in [-0.2, -0.15) is 0 Å². The third-order valence-corrected chi connectivity index (χ3v) is 0.591. The summed E-state index contributed by atoms with van der Waals surface area (Å²) in [5, 5.41) is 8.36. The topological polar surface area (TPSA) is 20.2 Å². The van der Waals surface area contributed by atoms with E-state index in [0.29, 0.717) is 0 Å². The summed E-state index contributed by atoms with van der Waals surface area (Å²) in [7, 11) is 0. The zero-order valence-corrected chi connectivity index (χ0v) is 3.73. The third kappa shape index (κ3) is 9.14. The van der Waals surface area contributed by atoms with Crippen molar-refractivity contribution in [3.05, 3.63) is 0 Å². The van der Waals surface area contributed by atoms with Crippen LogP contribution in [0.3, 0.4) is 0 Å². The van der Waals surface area contributed by atoms with Crippen LogP contribution in [-0.2, 0) is 0 Å².